The number of nitrogens with zero attached hydrogens (tertiary/aromatic N) is 4. The van der Waals surface area contributed by atoms with E-state index in [0.29, 0.717) is 17.9 Å². The van der Waals surface area contributed by atoms with Crippen molar-refractivity contribution < 1.29 is 28.9 Å². The predicted molar refractivity (Wildman–Crippen MR) is 134 cm³/mol. The average molecular weight is 526 g/mol. The molecule has 13 heteroatoms. The summed E-state index contributed by atoms with van der Waals surface area (Å²) in [5, 5.41) is 18.8. The molecule has 0 aliphatic carbocycles. The molecular weight excluding hydrogens is 504 g/mol. The summed E-state index contributed by atoms with van der Waals surface area (Å²) in [6.07, 6.45) is 3.85. The number of nitrogen functional groups attached to an aromatic ring is 1. The monoisotopic (exact) mass is 525 g/mol. The van der Waals surface area contributed by atoms with Gasteiger partial charge >= 0.3 is 5.97 Å². The molecule has 0 aromatic carbocycles. The van der Waals surface area contributed by atoms with Gasteiger partial charge in [-0.1, -0.05) is 11.2 Å². The Morgan fingerprint density at radius 1 is 1.36 bits per heavy atom. The first-order valence-electron chi connectivity index (χ1n) is 10.8. The van der Waals surface area contributed by atoms with Crippen LogP contribution >= 0.6 is 23.1 Å². The van der Waals surface area contributed by atoms with Gasteiger partial charge in [0.25, 0.3) is 11.8 Å². The van der Waals surface area contributed by atoms with Crippen LogP contribution in [0.1, 0.15) is 5.69 Å². The van der Waals surface area contributed by atoms with Crippen LogP contribution in [0.2, 0.25) is 0 Å². The Kier molecular flexibility index (Phi) is 6.33. The minimum absolute atomic E-state index is 0.0459. The molecule has 2 amide bonds. The molecule has 184 valence electrons. The molecule has 2 aliphatic heterocycles. The summed E-state index contributed by atoms with van der Waals surface area (Å²) in [6, 6.07) is 7.78. The Morgan fingerprint density at radius 2 is 2.19 bits per heavy atom. The van der Waals surface area contributed by atoms with Gasteiger partial charge in [-0.2, -0.15) is 0 Å². The van der Waals surface area contributed by atoms with Crippen molar-refractivity contribution in [3.8, 4) is 0 Å². The maximum absolute atomic E-state index is 13.0. The van der Waals surface area contributed by atoms with E-state index in [1.54, 1.807) is 29.5 Å². The lowest BCUT2D eigenvalue weighted by atomic mass is 10.0. The minimum Gasteiger partial charge on any atom is -0.477 e. The summed E-state index contributed by atoms with van der Waals surface area (Å²) < 4.78 is 3.04. The van der Waals surface area contributed by atoms with Gasteiger partial charge in [0, 0.05) is 22.1 Å². The first-order chi connectivity index (χ1) is 17.4. The normalized spacial score (nSPS) is 19.6. The van der Waals surface area contributed by atoms with Crippen LogP contribution in [0.25, 0.3) is 10.1 Å². The van der Waals surface area contributed by atoms with Crippen molar-refractivity contribution in [1.29, 1.82) is 0 Å². The lowest BCUT2D eigenvalue weighted by Crippen LogP contribution is -2.71. The van der Waals surface area contributed by atoms with E-state index in [4.69, 9.17) is 10.6 Å². The third-order valence-electron chi connectivity index (χ3n) is 5.77. The van der Waals surface area contributed by atoms with Crippen LogP contribution in [-0.4, -0.2) is 62.8 Å². The van der Waals surface area contributed by atoms with Crippen molar-refractivity contribution in [1.82, 2.24) is 15.2 Å². The highest BCUT2D eigenvalue weighted by atomic mass is 32.2. The summed E-state index contributed by atoms with van der Waals surface area (Å²) in [6.45, 7) is 0.333. The van der Waals surface area contributed by atoms with Gasteiger partial charge in [-0.15, -0.1) is 23.1 Å². The van der Waals surface area contributed by atoms with E-state index in [0.717, 1.165) is 10.1 Å². The number of carboxylic acid groups (broad SMARTS) is 1. The number of pyridine rings is 2. The van der Waals surface area contributed by atoms with E-state index in [2.05, 4.69) is 15.5 Å². The maximum Gasteiger partial charge on any atom is 0.352 e. The van der Waals surface area contributed by atoms with Gasteiger partial charge in [0.2, 0.25) is 0 Å². The van der Waals surface area contributed by atoms with Gasteiger partial charge < -0.3 is 21.0 Å². The molecule has 5 heterocycles. The van der Waals surface area contributed by atoms with Crippen LogP contribution in [0.15, 0.2) is 64.5 Å². The molecule has 11 nitrogen and oxygen atoms in total. The van der Waals surface area contributed by atoms with E-state index in [9.17, 15) is 19.5 Å². The number of carboxylic acids is 1. The first-order valence-corrected chi connectivity index (χ1v) is 12.7. The highest BCUT2D eigenvalue weighted by molar-refractivity contribution is 8.00. The van der Waals surface area contributed by atoms with Crippen LogP contribution in [0.5, 0.6) is 0 Å². The lowest BCUT2D eigenvalue weighted by molar-refractivity contribution is -0.687. The van der Waals surface area contributed by atoms with Crippen LogP contribution in [0, 0.1) is 0 Å². The molecule has 3 aromatic rings. The van der Waals surface area contributed by atoms with Crippen molar-refractivity contribution >= 4 is 62.5 Å². The van der Waals surface area contributed by atoms with Gasteiger partial charge in [-0.25, -0.2) is 14.3 Å². The second kappa shape index (κ2) is 9.59. The number of anilines is 1. The number of nitrogens with one attached hydrogen (secondary N) is 1. The van der Waals surface area contributed by atoms with Crippen LogP contribution in [0.3, 0.4) is 0 Å². The highest BCUT2D eigenvalue weighted by Crippen LogP contribution is 2.40. The number of aliphatic carboxylic acids is 1. The average Bonchev–Trinajstić information content (AvgIpc) is 3.33. The molecule has 0 bridgehead atoms. The van der Waals surface area contributed by atoms with Crippen LogP contribution < -0.4 is 15.6 Å². The van der Waals surface area contributed by atoms with E-state index in [1.165, 1.54) is 23.8 Å². The van der Waals surface area contributed by atoms with Crippen molar-refractivity contribution in [2.45, 2.75) is 18.0 Å². The smallest absolute Gasteiger partial charge is 0.352 e. The number of thiophene rings is 1. The summed E-state index contributed by atoms with van der Waals surface area (Å²) in [7, 11) is 1.28. The molecule has 5 rings (SSSR count). The van der Waals surface area contributed by atoms with E-state index in [-0.39, 0.29) is 22.9 Å². The summed E-state index contributed by atoms with van der Waals surface area (Å²) in [4.78, 5) is 48.3. The maximum atomic E-state index is 13.0. The van der Waals surface area contributed by atoms with Crippen molar-refractivity contribution in [2.24, 2.45) is 5.16 Å². The molecule has 0 radical (unpaired) electrons. The van der Waals surface area contributed by atoms with Gasteiger partial charge in [0.1, 0.15) is 35.7 Å². The number of amides is 2. The zero-order valence-corrected chi connectivity index (χ0v) is 20.6. The number of fused-ring (bicyclic) bond motifs is 2. The number of hydrogen-bond donors (Lipinski definition) is 3. The topological polar surface area (TPSA) is 151 Å². The molecule has 1 unspecified atom stereocenters. The van der Waals surface area contributed by atoms with Crippen molar-refractivity contribution in [2.75, 3.05) is 18.6 Å². The van der Waals surface area contributed by atoms with Gasteiger partial charge in [0.15, 0.2) is 24.7 Å². The zero-order chi connectivity index (χ0) is 25.4. The molecule has 2 atom stereocenters. The number of oxime groups is 1. The number of nitrogens with two attached hydrogens (primary N) is 1. The third-order valence-corrected chi connectivity index (χ3v) is 8.01. The Bertz CT molecular complexity index is 1450. The largest absolute Gasteiger partial charge is 0.477 e. The SMILES string of the molecule is CON=C(C(=O)NC1C(=O)N2C(C(=O)O)=C(C[n+]3ccc4sccc4c3)CS[C@@H]12)c1cccc(N)n1. The van der Waals surface area contributed by atoms with Gasteiger partial charge in [-0.3, -0.25) is 14.5 Å². The summed E-state index contributed by atoms with van der Waals surface area (Å²) >= 11 is 3.02. The molecule has 1 fully saturated rings. The predicted octanol–water partition coefficient (Wildman–Crippen LogP) is 0.955. The van der Waals surface area contributed by atoms with E-state index >= 15 is 0 Å². The Labute approximate surface area is 213 Å². The van der Waals surface area contributed by atoms with Gasteiger partial charge in [0.05, 0.1) is 5.39 Å². The number of carbonyl (C=O) groups excluding carboxylic acids is 2. The second-order valence-electron chi connectivity index (χ2n) is 8.05. The zero-order valence-electron chi connectivity index (χ0n) is 19.0. The quantitative estimate of drug-likeness (QED) is 0.179. The first kappa shape index (κ1) is 23.8. The molecule has 1 saturated heterocycles. The summed E-state index contributed by atoms with van der Waals surface area (Å²) in [5.74, 6) is -1.79. The highest BCUT2D eigenvalue weighted by Gasteiger charge is 2.54. The van der Waals surface area contributed by atoms with Crippen LogP contribution in [-0.2, 0) is 25.8 Å². The number of β-lactam (4-membered cyclic amide) rings is 1. The number of aromatic nitrogens is 2. The molecule has 2 aliphatic rings. The fourth-order valence-corrected chi connectivity index (χ4v) is 6.26. The number of rotatable bonds is 7. The van der Waals surface area contributed by atoms with Crippen molar-refractivity contribution in [3.05, 3.63) is 65.1 Å². The molecule has 0 saturated carbocycles. The summed E-state index contributed by atoms with van der Waals surface area (Å²) in [5.41, 5.74) is 6.32. The molecular formula is C23H21N6O5S2+. The standard InChI is InChI=1S/C23H20N6O5S2/c1-34-27-17(14-3-2-4-16(24)25-14)20(30)26-18-21(31)29-19(23(32)33)13(11-36-22(18)29)10-28-7-5-15-12(9-28)6-8-35-15/h2-9,18,22H,10-11H2,1H3,(H3-,24,25,26,30,32,33)/p+1/t18?,22-/m0/s1. The number of thioether (sulfide) groups is 1. The molecule has 4 N–H and O–H groups in total. The lowest BCUT2D eigenvalue weighted by Gasteiger charge is -2.49. The number of carbonyl (C=O) groups is 3. The van der Waals surface area contributed by atoms with E-state index < -0.39 is 29.2 Å². The van der Waals surface area contributed by atoms with Crippen molar-refractivity contribution in [3.63, 3.8) is 0 Å². The number of hydrogen-bond acceptors (Lipinski definition) is 9. The fourth-order valence-electron chi connectivity index (χ4n) is 4.17. The second-order valence-corrected chi connectivity index (χ2v) is 10.1. The fraction of sp³-hybridized carbons (Fsp3) is 0.217. The molecule has 3 aromatic heterocycles. The molecule has 0 spiro atoms. The Balaban J connectivity index is 1.36. The Morgan fingerprint density at radius 3 is 2.94 bits per heavy atom. The third kappa shape index (κ3) is 4.27. The Hall–Kier alpha value is -3.97. The molecule has 36 heavy (non-hydrogen) atoms. The van der Waals surface area contributed by atoms with E-state index in [1.807, 2.05) is 34.5 Å². The van der Waals surface area contributed by atoms with Gasteiger partial charge in [-0.05, 0) is 23.6 Å². The van der Waals surface area contributed by atoms with Crippen LogP contribution in [0.4, 0.5) is 5.82 Å². The minimum atomic E-state index is -1.18.